The van der Waals surface area contributed by atoms with E-state index in [2.05, 4.69) is 19.2 Å². The quantitative estimate of drug-likeness (QED) is 0.419. The summed E-state index contributed by atoms with van der Waals surface area (Å²) in [6, 6.07) is 9.04. The van der Waals surface area contributed by atoms with Gasteiger partial charge in [-0.3, -0.25) is 0 Å². The molecule has 5 unspecified atom stereocenters. The summed E-state index contributed by atoms with van der Waals surface area (Å²) in [5.41, 5.74) is 0.981. The van der Waals surface area contributed by atoms with Crippen LogP contribution in [0.4, 0.5) is 9.59 Å². The summed E-state index contributed by atoms with van der Waals surface area (Å²) in [7, 11) is 1.69. The van der Waals surface area contributed by atoms with Gasteiger partial charge in [-0.2, -0.15) is 0 Å². The lowest BCUT2D eigenvalue weighted by molar-refractivity contribution is -0.169. The zero-order valence-electron chi connectivity index (χ0n) is 24.7. The molecule has 10 nitrogen and oxygen atoms in total. The monoisotopic (exact) mass is 573 g/mol. The van der Waals surface area contributed by atoms with Crippen molar-refractivity contribution in [3.05, 3.63) is 35.9 Å². The Morgan fingerprint density at radius 3 is 2.68 bits per heavy atom. The number of carbonyl (C=O) groups excluding carboxylic acids is 2. The third-order valence-electron chi connectivity index (χ3n) is 9.05. The Morgan fingerprint density at radius 2 is 1.93 bits per heavy atom. The molecule has 5 rings (SSSR count). The molecule has 41 heavy (non-hydrogen) atoms. The Labute approximate surface area is 243 Å². The summed E-state index contributed by atoms with van der Waals surface area (Å²) in [6.45, 7) is 7.78. The first-order chi connectivity index (χ1) is 19.8. The van der Waals surface area contributed by atoms with E-state index in [1.54, 1.807) is 12.0 Å². The van der Waals surface area contributed by atoms with E-state index in [1.165, 1.54) is 0 Å². The van der Waals surface area contributed by atoms with Crippen LogP contribution in [0.25, 0.3) is 0 Å². The number of aliphatic hydroxyl groups excluding tert-OH is 1. The van der Waals surface area contributed by atoms with Gasteiger partial charge in [0.15, 0.2) is 6.29 Å². The van der Waals surface area contributed by atoms with Crippen LogP contribution in [0.15, 0.2) is 30.3 Å². The van der Waals surface area contributed by atoms with Crippen LogP contribution in [0, 0.1) is 29.6 Å². The van der Waals surface area contributed by atoms with Crippen molar-refractivity contribution in [2.24, 2.45) is 29.6 Å². The van der Waals surface area contributed by atoms with Crippen LogP contribution in [-0.4, -0.2) is 105 Å². The van der Waals surface area contributed by atoms with Gasteiger partial charge in [0.2, 0.25) is 0 Å². The summed E-state index contributed by atoms with van der Waals surface area (Å²) in [5, 5.41) is 14.5. The van der Waals surface area contributed by atoms with Crippen molar-refractivity contribution in [2.45, 2.75) is 64.1 Å². The van der Waals surface area contributed by atoms with Gasteiger partial charge < -0.3 is 39.2 Å². The zero-order valence-corrected chi connectivity index (χ0v) is 24.7. The van der Waals surface area contributed by atoms with Gasteiger partial charge >= 0.3 is 12.1 Å². The number of hydrogen-bond acceptors (Lipinski definition) is 7. The Hall–Kier alpha value is -2.40. The van der Waals surface area contributed by atoms with Gasteiger partial charge in [0, 0.05) is 50.4 Å². The number of nitrogens with zero attached hydrogens (tertiary/aromatic N) is 2. The molecule has 1 aromatic rings. The lowest BCUT2D eigenvalue weighted by atomic mass is 9.98. The van der Waals surface area contributed by atoms with Gasteiger partial charge in [-0.25, -0.2) is 9.59 Å². The number of nitrogens with one attached hydrogen (secondary N) is 1. The molecule has 2 bridgehead atoms. The van der Waals surface area contributed by atoms with Crippen LogP contribution in [-0.2, 0) is 25.4 Å². The fraction of sp³-hybridized carbons (Fsp3) is 0.742. The summed E-state index contributed by atoms with van der Waals surface area (Å²) < 4.78 is 22.9. The van der Waals surface area contributed by atoms with Crippen LogP contribution in [0.2, 0.25) is 0 Å². The topological polar surface area (TPSA) is 110 Å². The molecule has 2 N–H and O–H groups in total. The van der Waals surface area contributed by atoms with Gasteiger partial charge in [-0.15, -0.1) is 0 Å². The fourth-order valence-electron chi connectivity index (χ4n) is 7.14. The molecular formula is C31H47N3O7. The van der Waals surface area contributed by atoms with Crippen molar-refractivity contribution >= 4 is 12.1 Å². The third kappa shape index (κ3) is 7.34. The molecule has 0 spiro atoms. The maximum Gasteiger partial charge on any atom is 0.407 e. The number of likely N-dealkylation sites (tertiary alicyclic amines) is 1. The summed E-state index contributed by atoms with van der Waals surface area (Å²) in [5.74, 6) is 1.11. The second-order valence-corrected chi connectivity index (χ2v) is 12.7. The SMILES string of the molecule is COCC1CCCN(C(=O)N(CC(C)C)C[C@@H](O)[C@H](Cc2ccccc2)NC(=O)OC2C3COC4OCC2[C@@H]4C3)C1. The first-order valence-electron chi connectivity index (χ1n) is 15.3. The fourth-order valence-corrected chi connectivity index (χ4v) is 7.14. The van der Waals surface area contributed by atoms with Crippen molar-refractivity contribution < 1.29 is 33.6 Å². The maximum absolute atomic E-state index is 13.7. The van der Waals surface area contributed by atoms with Crippen molar-refractivity contribution in [1.82, 2.24) is 15.1 Å². The molecule has 1 saturated carbocycles. The number of ether oxygens (including phenoxy) is 4. The van der Waals surface area contributed by atoms with E-state index in [1.807, 2.05) is 35.2 Å². The highest BCUT2D eigenvalue weighted by Crippen LogP contribution is 2.49. The number of urea groups is 1. The van der Waals surface area contributed by atoms with Crippen LogP contribution >= 0.6 is 0 Å². The lowest BCUT2D eigenvalue weighted by Crippen LogP contribution is -2.55. The van der Waals surface area contributed by atoms with E-state index in [9.17, 15) is 14.7 Å². The van der Waals surface area contributed by atoms with Gasteiger partial charge in [0.05, 0.1) is 38.5 Å². The standard InChI is InChI=1S/C31H47N3O7/c1-20(2)14-34(31(37)33-11-7-10-22(15-33)17-38-3)16-27(35)26(12-21-8-5-4-6-9-21)32-30(36)41-28-23-13-24-25(28)19-40-29(24)39-18-23/h4-6,8-9,20,22-29,35H,7,10-19H2,1-3H3,(H,32,36)/t22?,23?,24-,25?,26-,27+,28?,29?/m0/s1. The number of amides is 3. The molecule has 1 aromatic carbocycles. The minimum atomic E-state index is -0.990. The largest absolute Gasteiger partial charge is 0.445 e. The molecule has 1 aliphatic carbocycles. The number of methoxy groups -OCH3 is 1. The molecule has 228 valence electrons. The van der Waals surface area contributed by atoms with E-state index in [0.29, 0.717) is 51.8 Å². The number of aliphatic hydroxyl groups is 1. The number of carbonyl (C=O) groups is 2. The summed E-state index contributed by atoms with van der Waals surface area (Å²) >= 11 is 0. The van der Waals surface area contributed by atoms with Crippen LogP contribution in [0.5, 0.6) is 0 Å². The van der Waals surface area contributed by atoms with Crippen LogP contribution in [0.1, 0.15) is 38.7 Å². The van der Waals surface area contributed by atoms with Crippen LogP contribution < -0.4 is 5.32 Å². The maximum atomic E-state index is 13.7. The summed E-state index contributed by atoms with van der Waals surface area (Å²) in [6.07, 6.45) is 1.34. The number of benzene rings is 1. The van der Waals surface area contributed by atoms with Gasteiger partial charge in [0.25, 0.3) is 0 Å². The van der Waals surface area contributed by atoms with Gasteiger partial charge in [-0.1, -0.05) is 44.2 Å². The predicted octanol–water partition coefficient (Wildman–Crippen LogP) is 3.13. The molecule has 3 heterocycles. The average molecular weight is 574 g/mol. The number of alkyl carbamates (subject to hydrolysis) is 1. The highest BCUT2D eigenvalue weighted by molar-refractivity contribution is 5.74. The second kappa shape index (κ2) is 13.7. The molecular weight excluding hydrogens is 526 g/mol. The van der Waals surface area contributed by atoms with Gasteiger partial charge in [0.1, 0.15) is 6.10 Å². The third-order valence-corrected chi connectivity index (χ3v) is 9.05. The Morgan fingerprint density at radius 1 is 1.15 bits per heavy atom. The Bertz CT molecular complexity index is 1010. The van der Waals surface area contributed by atoms with E-state index in [4.69, 9.17) is 18.9 Å². The molecule has 4 fully saturated rings. The number of fused-ring (bicyclic) bond motifs is 1. The first kappa shape index (κ1) is 30.1. The smallest absolute Gasteiger partial charge is 0.407 e. The van der Waals surface area contributed by atoms with Gasteiger partial charge in [-0.05, 0) is 37.2 Å². The molecule has 4 aliphatic rings. The van der Waals surface area contributed by atoms with E-state index >= 15 is 0 Å². The molecule has 3 saturated heterocycles. The van der Waals surface area contributed by atoms with Crippen molar-refractivity contribution in [1.29, 1.82) is 0 Å². The van der Waals surface area contributed by atoms with E-state index in [0.717, 1.165) is 24.8 Å². The predicted molar refractivity (Wildman–Crippen MR) is 152 cm³/mol. The average Bonchev–Trinajstić information content (AvgIpc) is 3.49. The molecule has 0 aromatic heterocycles. The Kier molecular flexibility index (Phi) is 10.1. The first-order valence-corrected chi connectivity index (χ1v) is 15.3. The Balaban J connectivity index is 1.26. The second-order valence-electron chi connectivity index (χ2n) is 12.7. The lowest BCUT2D eigenvalue weighted by Gasteiger charge is -2.38. The highest BCUT2D eigenvalue weighted by Gasteiger charge is 2.56. The zero-order chi connectivity index (χ0) is 28.9. The molecule has 0 radical (unpaired) electrons. The van der Waals surface area contributed by atoms with Crippen molar-refractivity contribution in [2.75, 3.05) is 53.1 Å². The number of hydrogen-bond donors (Lipinski definition) is 2. The minimum Gasteiger partial charge on any atom is -0.445 e. The molecule has 8 atom stereocenters. The van der Waals surface area contributed by atoms with Crippen molar-refractivity contribution in [3.63, 3.8) is 0 Å². The molecule has 3 amide bonds. The number of piperidine rings is 1. The van der Waals surface area contributed by atoms with E-state index in [-0.39, 0.29) is 48.6 Å². The molecule has 10 heteroatoms. The summed E-state index contributed by atoms with van der Waals surface area (Å²) in [4.78, 5) is 30.6. The number of rotatable bonds is 11. The highest BCUT2D eigenvalue weighted by atomic mass is 16.7. The minimum absolute atomic E-state index is 0.0754. The van der Waals surface area contributed by atoms with Crippen LogP contribution in [0.3, 0.4) is 0 Å². The normalized spacial score (nSPS) is 30.2. The van der Waals surface area contributed by atoms with E-state index < -0.39 is 18.2 Å². The van der Waals surface area contributed by atoms with Crippen molar-refractivity contribution in [3.8, 4) is 0 Å². The molecule has 3 aliphatic heterocycles.